The first-order chi connectivity index (χ1) is 16.2. The number of alkyl halides is 3. The first-order valence-electron chi connectivity index (χ1n) is 10.3. The maximum absolute atomic E-state index is 13.5. The molecule has 1 aliphatic heterocycles. The Balaban J connectivity index is 1.45. The van der Waals surface area contributed by atoms with E-state index in [4.69, 9.17) is 0 Å². The molecule has 4 aromatic rings. The van der Waals surface area contributed by atoms with Crippen molar-refractivity contribution in [3.8, 4) is 5.69 Å². The average molecular weight is 466 g/mol. The number of aromatic nitrogens is 4. The predicted octanol–water partition coefficient (Wildman–Crippen LogP) is 3.80. The monoisotopic (exact) mass is 466 g/mol. The fourth-order valence-electron chi connectivity index (χ4n) is 4.12. The summed E-state index contributed by atoms with van der Waals surface area (Å²) in [4.78, 5) is 27.3. The Kier molecular flexibility index (Phi) is 4.85. The highest BCUT2D eigenvalue weighted by Crippen LogP contribution is 2.34. The van der Waals surface area contributed by atoms with Gasteiger partial charge < -0.3 is 5.32 Å². The maximum atomic E-state index is 13.5. The molecule has 3 aromatic carbocycles. The second kappa shape index (κ2) is 7.65. The quantitative estimate of drug-likeness (QED) is 0.462. The third-order valence-corrected chi connectivity index (χ3v) is 5.88. The number of hydrogen-bond acceptors (Lipinski definition) is 5. The minimum atomic E-state index is -4.48. The van der Waals surface area contributed by atoms with Crippen molar-refractivity contribution < 1.29 is 22.8 Å². The van der Waals surface area contributed by atoms with Gasteiger partial charge in [0.05, 0.1) is 17.8 Å². The number of hydrogen-bond donors (Lipinski definition) is 1. The van der Waals surface area contributed by atoms with Gasteiger partial charge in [-0.3, -0.25) is 9.69 Å². The lowest BCUT2D eigenvalue weighted by atomic mass is 9.88. The van der Waals surface area contributed by atoms with E-state index in [0.29, 0.717) is 5.56 Å². The normalized spacial score (nSPS) is 18.5. The molecule has 1 saturated heterocycles. The molecule has 2 heterocycles. The van der Waals surface area contributed by atoms with Crippen LogP contribution in [0.15, 0.2) is 66.7 Å². The van der Waals surface area contributed by atoms with Crippen molar-refractivity contribution >= 4 is 22.7 Å². The lowest BCUT2D eigenvalue weighted by Gasteiger charge is -2.24. The van der Waals surface area contributed by atoms with Crippen LogP contribution in [0.2, 0.25) is 0 Å². The van der Waals surface area contributed by atoms with E-state index in [1.54, 1.807) is 13.0 Å². The summed E-state index contributed by atoms with van der Waals surface area (Å²) in [6.07, 6.45) is -4.48. The van der Waals surface area contributed by atoms with Gasteiger partial charge in [-0.2, -0.15) is 17.9 Å². The van der Waals surface area contributed by atoms with Crippen molar-refractivity contribution in [2.45, 2.75) is 25.2 Å². The summed E-state index contributed by atoms with van der Waals surface area (Å²) < 4.78 is 39.8. The Morgan fingerprint density at radius 1 is 0.971 bits per heavy atom. The van der Waals surface area contributed by atoms with E-state index in [9.17, 15) is 22.8 Å². The number of carbonyl (C=O) groups is 2. The van der Waals surface area contributed by atoms with Crippen molar-refractivity contribution in [3.05, 3.63) is 83.7 Å². The van der Waals surface area contributed by atoms with E-state index in [1.165, 1.54) is 16.8 Å². The van der Waals surface area contributed by atoms with Gasteiger partial charge in [-0.25, -0.2) is 4.79 Å². The molecule has 172 valence electrons. The number of tetrazole rings is 1. The van der Waals surface area contributed by atoms with E-state index < -0.39 is 29.2 Å². The fourth-order valence-corrected chi connectivity index (χ4v) is 4.12. The Labute approximate surface area is 191 Å². The highest BCUT2D eigenvalue weighted by Gasteiger charge is 2.50. The smallest absolute Gasteiger partial charge is 0.319 e. The van der Waals surface area contributed by atoms with Crippen molar-refractivity contribution in [2.75, 3.05) is 0 Å². The molecule has 0 saturated carbocycles. The van der Waals surface area contributed by atoms with Crippen LogP contribution in [-0.4, -0.2) is 37.0 Å². The highest BCUT2D eigenvalue weighted by atomic mass is 19.4. The molecule has 34 heavy (non-hydrogen) atoms. The van der Waals surface area contributed by atoms with Crippen molar-refractivity contribution in [3.63, 3.8) is 0 Å². The number of nitrogens with zero attached hydrogens (tertiary/aromatic N) is 5. The largest absolute Gasteiger partial charge is 0.416 e. The highest BCUT2D eigenvalue weighted by molar-refractivity contribution is 6.09. The molecule has 0 radical (unpaired) electrons. The second-order valence-electron chi connectivity index (χ2n) is 8.02. The molecule has 1 N–H and O–H groups in total. The van der Waals surface area contributed by atoms with Gasteiger partial charge in [0.15, 0.2) is 5.82 Å². The number of urea groups is 1. The molecule has 11 heteroatoms. The van der Waals surface area contributed by atoms with Crippen LogP contribution in [0.4, 0.5) is 18.0 Å². The number of nitrogens with one attached hydrogen (secondary N) is 1. The lowest BCUT2D eigenvalue weighted by Crippen LogP contribution is -2.41. The molecule has 1 aromatic heterocycles. The summed E-state index contributed by atoms with van der Waals surface area (Å²) in [6.45, 7) is 1.37. The van der Waals surface area contributed by atoms with E-state index in [0.717, 1.165) is 27.8 Å². The molecule has 5 rings (SSSR count). The third kappa shape index (κ3) is 3.45. The van der Waals surface area contributed by atoms with Gasteiger partial charge in [-0.1, -0.05) is 42.5 Å². The SMILES string of the molecule is CC1(c2cccc3ccccc23)NC(=O)N(Cc2nnnn2-c2ccc(C(F)(F)F)cc2)C1=O. The number of carbonyl (C=O) groups excluding carboxylic acids is 2. The fraction of sp³-hybridized carbons (Fsp3) is 0.174. The molecular weight excluding hydrogens is 449 g/mol. The molecule has 3 amide bonds. The molecule has 0 bridgehead atoms. The summed E-state index contributed by atoms with van der Waals surface area (Å²) in [5.74, 6) is -0.374. The van der Waals surface area contributed by atoms with E-state index in [1.807, 2.05) is 36.4 Å². The summed E-state index contributed by atoms with van der Waals surface area (Å²) in [5, 5.41) is 15.8. The number of amides is 3. The Morgan fingerprint density at radius 3 is 2.41 bits per heavy atom. The first-order valence-corrected chi connectivity index (χ1v) is 10.3. The number of fused-ring (bicyclic) bond motifs is 1. The van der Waals surface area contributed by atoms with Crippen LogP contribution in [0.5, 0.6) is 0 Å². The summed E-state index contributed by atoms with van der Waals surface area (Å²) in [7, 11) is 0. The van der Waals surface area contributed by atoms with Crippen LogP contribution in [0.3, 0.4) is 0 Å². The summed E-state index contributed by atoms with van der Waals surface area (Å²) in [5.41, 5.74) is -1.22. The molecule has 1 fully saturated rings. The maximum Gasteiger partial charge on any atom is 0.416 e. The summed E-state index contributed by atoms with van der Waals surface area (Å²) in [6, 6.07) is 16.7. The van der Waals surface area contributed by atoms with Gasteiger partial charge in [0, 0.05) is 0 Å². The zero-order valence-electron chi connectivity index (χ0n) is 17.7. The zero-order chi connectivity index (χ0) is 24.1. The van der Waals surface area contributed by atoms with Crippen molar-refractivity contribution in [1.82, 2.24) is 30.4 Å². The van der Waals surface area contributed by atoms with Crippen molar-refractivity contribution in [2.24, 2.45) is 0 Å². The van der Waals surface area contributed by atoms with Gasteiger partial charge in [0.25, 0.3) is 5.91 Å². The summed E-state index contributed by atoms with van der Waals surface area (Å²) >= 11 is 0. The van der Waals surface area contributed by atoms with E-state index in [2.05, 4.69) is 20.8 Å². The molecule has 1 atom stereocenters. The molecule has 8 nitrogen and oxygen atoms in total. The molecule has 0 aliphatic carbocycles. The number of halogens is 3. The van der Waals surface area contributed by atoms with Crippen LogP contribution in [0, 0.1) is 0 Å². The van der Waals surface area contributed by atoms with Gasteiger partial charge in [0.1, 0.15) is 5.54 Å². The van der Waals surface area contributed by atoms with Gasteiger partial charge in [0.2, 0.25) is 0 Å². The molecule has 1 unspecified atom stereocenters. The standard InChI is InChI=1S/C23H17F3N6O2/c1-22(18-8-4-6-14-5-2-3-7-17(14)18)20(33)31(21(34)27-22)13-19-28-29-30-32(19)16-11-9-15(10-12-16)23(24,25)26/h2-12H,13H2,1H3,(H,27,34). The number of benzene rings is 3. The van der Waals surface area contributed by atoms with Crippen LogP contribution in [0.25, 0.3) is 16.5 Å². The third-order valence-electron chi connectivity index (χ3n) is 5.88. The molecular formula is C23H17F3N6O2. The van der Waals surface area contributed by atoms with Crippen LogP contribution < -0.4 is 5.32 Å². The van der Waals surface area contributed by atoms with E-state index >= 15 is 0 Å². The van der Waals surface area contributed by atoms with Crippen molar-refractivity contribution in [1.29, 1.82) is 0 Å². The van der Waals surface area contributed by atoms with Crippen LogP contribution in [0.1, 0.15) is 23.9 Å². The number of imide groups is 1. The average Bonchev–Trinajstić information content (AvgIpc) is 3.37. The topological polar surface area (TPSA) is 93.0 Å². The molecule has 1 aliphatic rings. The lowest BCUT2D eigenvalue weighted by molar-refractivity contribution is -0.137. The Morgan fingerprint density at radius 2 is 1.68 bits per heavy atom. The minimum absolute atomic E-state index is 0.116. The first kappa shape index (κ1) is 21.6. The minimum Gasteiger partial charge on any atom is -0.319 e. The van der Waals surface area contributed by atoms with Crippen LogP contribution >= 0.6 is 0 Å². The van der Waals surface area contributed by atoms with E-state index in [-0.39, 0.29) is 18.1 Å². The van der Waals surface area contributed by atoms with Gasteiger partial charge >= 0.3 is 12.2 Å². The second-order valence-corrected chi connectivity index (χ2v) is 8.02. The van der Waals surface area contributed by atoms with Crippen LogP contribution in [-0.2, 0) is 23.1 Å². The molecule has 0 spiro atoms. The Bertz CT molecular complexity index is 1410. The number of rotatable bonds is 4. The van der Waals surface area contributed by atoms with Gasteiger partial charge in [-0.15, -0.1) is 5.10 Å². The zero-order valence-corrected chi connectivity index (χ0v) is 17.7. The Hall–Kier alpha value is -4.28. The van der Waals surface area contributed by atoms with Gasteiger partial charge in [-0.05, 0) is 58.0 Å². The predicted molar refractivity (Wildman–Crippen MR) is 115 cm³/mol.